The number of alkyl halides is 3. The number of hydrazine groups is 1. The summed E-state index contributed by atoms with van der Waals surface area (Å²) >= 11 is 0. The van der Waals surface area contributed by atoms with Gasteiger partial charge in [-0.15, -0.1) is 4.41 Å². The summed E-state index contributed by atoms with van der Waals surface area (Å²) in [5, 5.41) is 0. The zero-order chi connectivity index (χ0) is 9.28. The highest BCUT2D eigenvalue weighted by molar-refractivity contribution is 7.89. The molecule has 0 aliphatic rings. The Morgan fingerprint density at radius 1 is 1.45 bits per heavy atom. The van der Waals surface area contributed by atoms with E-state index in [1.165, 1.54) is 6.92 Å². The molecule has 0 unspecified atom stereocenters. The Labute approximate surface area is 61.8 Å². The highest BCUT2D eigenvalue weighted by Crippen LogP contribution is 2.24. The van der Waals surface area contributed by atoms with Crippen LogP contribution in [0.15, 0.2) is 0 Å². The third-order valence-electron chi connectivity index (χ3n) is 0.913. The molecule has 0 aromatic heterocycles. The largest absolute Gasteiger partial charge is 0.512 e. The summed E-state index contributed by atoms with van der Waals surface area (Å²) < 4.78 is 54.9. The van der Waals surface area contributed by atoms with Crippen molar-refractivity contribution in [1.82, 2.24) is 4.41 Å². The van der Waals surface area contributed by atoms with Crippen LogP contribution in [0.5, 0.6) is 0 Å². The molecule has 0 bridgehead atoms. The molecule has 0 heterocycles. The van der Waals surface area contributed by atoms with Crippen LogP contribution in [-0.2, 0) is 10.0 Å². The number of halogens is 3. The van der Waals surface area contributed by atoms with E-state index in [0.29, 0.717) is 0 Å². The fourth-order valence-electron chi connectivity index (χ4n) is 0.303. The molecule has 2 N–H and O–H groups in total. The normalized spacial score (nSPS) is 14.0. The number of hydrogen-bond acceptors (Lipinski definition) is 3. The van der Waals surface area contributed by atoms with Crippen LogP contribution in [-0.4, -0.2) is 24.9 Å². The topological polar surface area (TPSA) is 63.4 Å². The molecule has 0 aromatic carbocycles. The van der Waals surface area contributed by atoms with Crippen LogP contribution in [0.1, 0.15) is 6.92 Å². The number of sulfonamides is 1. The molecule has 0 aliphatic heterocycles. The minimum atomic E-state index is -5.32. The van der Waals surface area contributed by atoms with Crippen LogP contribution in [0.3, 0.4) is 0 Å². The number of rotatable bonds is 2. The SMILES string of the molecule is CCN(N)S(=O)(=O)C(F)(F)F. The minimum Gasteiger partial charge on any atom is -0.255 e. The zero-order valence-corrected chi connectivity index (χ0v) is 6.41. The molecular weight excluding hydrogens is 185 g/mol. The van der Waals surface area contributed by atoms with Gasteiger partial charge >= 0.3 is 15.5 Å². The standard InChI is InChI=1S/C3H7F3N2O2S/c1-2-8(7)11(9,10)3(4,5)6/h2,7H2,1H3. The van der Waals surface area contributed by atoms with E-state index in [-0.39, 0.29) is 4.41 Å². The summed E-state index contributed by atoms with van der Waals surface area (Å²) in [7, 11) is -5.32. The van der Waals surface area contributed by atoms with Crippen molar-refractivity contribution in [2.75, 3.05) is 6.54 Å². The summed E-state index contributed by atoms with van der Waals surface area (Å²) in [5.74, 6) is 4.56. The van der Waals surface area contributed by atoms with E-state index in [1.54, 1.807) is 0 Å². The van der Waals surface area contributed by atoms with Crippen LogP contribution >= 0.6 is 0 Å². The van der Waals surface area contributed by atoms with E-state index < -0.39 is 22.1 Å². The zero-order valence-electron chi connectivity index (χ0n) is 5.59. The minimum absolute atomic E-state index is 0.257. The Balaban J connectivity index is 4.77. The van der Waals surface area contributed by atoms with Crippen molar-refractivity contribution in [3.8, 4) is 0 Å². The van der Waals surface area contributed by atoms with Gasteiger partial charge in [-0.25, -0.2) is 8.42 Å². The van der Waals surface area contributed by atoms with Gasteiger partial charge in [0.15, 0.2) is 0 Å². The third kappa shape index (κ3) is 2.04. The van der Waals surface area contributed by atoms with Gasteiger partial charge < -0.3 is 0 Å². The van der Waals surface area contributed by atoms with Gasteiger partial charge in [-0.3, -0.25) is 5.84 Å². The van der Waals surface area contributed by atoms with Gasteiger partial charge in [-0.05, 0) is 6.92 Å². The molecule has 0 atom stereocenters. The summed E-state index contributed by atoms with van der Waals surface area (Å²) in [6.07, 6.45) is 0. The van der Waals surface area contributed by atoms with Gasteiger partial charge in [0.1, 0.15) is 0 Å². The van der Waals surface area contributed by atoms with E-state index in [9.17, 15) is 21.6 Å². The molecule has 0 aliphatic carbocycles. The second-order valence-corrected chi connectivity index (χ2v) is 3.54. The molecule has 0 saturated heterocycles. The Kier molecular flexibility index (Phi) is 2.86. The first-order chi connectivity index (χ1) is 4.73. The molecular formula is C3H7F3N2O2S. The molecule has 0 rings (SSSR count). The predicted octanol–water partition coefficient (Wildman–Crippen LogP) is 0.0316. The Bertz CT molecular complexity index is 221. The molecule has 0 radical (unpaired) electrons. The quantitative estimate of drug-likeness (QED) is 0.496. The first kappa shape index (κ1) is 10.7. The van der Waals surface area contributed by atoms with Gasteiger partial charge in [0.2, 0.25) is 0 Å². The van der Waals surface area contributed by atoms with Crippen LogP contribution in [0.25, 0.3) is 0 Å². The third-order valence-corrected chi connectivity index (χ3v) is 2.37. The van der Waals surface area contributed by atoms with Crippen LogP contribution in [0, 0.1) is 0 Å². The van der Waals surface area contributed by atoms with Crippen molar-refractivity contribution >= 4 is 10.0 Å². The fourth-order valence-corrected chi connectivity index (χ4v) is 0.909. The van der Waals surface area contributed by atoms with E-state index >= 15 is 0 Å². The Hall–Kier alpha value is -0.340. The maximum Gasteiger partial charge on any atom is 0.512 e. The summed E-state index contributed by atoms with van der Waals surface area (Å²) in [6, 6.07) is 0. The van der Waals surface area contributed by atoms with Gasteiger partial charge in [0.25, 0.3) is 0 Å². The summed E-state index contributed by atoms with van der Waals surface area (Å²) in [5.41, 5.74) is -5.31. The molecule has 0 spiro atoms. The first-order valence-electron chi connectivity index (χ1n) is 2.57. The van der Waals surface area contributed by atoms with E-state index in [1.807, 2.05) is 0 Å². The lowest BCUT2D eigenvalue weighted by Gasteiger charge is -2.15. The Morgan fingerprint density at radius 2 is 1.82 bits per heavy atom. The maximum atomic E-state index is 11.6. The van der Waals surface area contributed by atoms with Gasteiger partial charge in [-0.1, -0.05) is 0 Å². The van der Waals surface area contributed by atoms with Crippen molar-refractivity contribution in [3.63, 3.8) is 0 Å². The van der Waals surface area contributed by atoms with Crippen molar-refractivity contribution in [1.29, 1.82) is 0 Å². The van der Waals surface area contributed by atoms with E-state index in [2.05, 4.69) is 5.84 Å². The average Bonchev–Trinajstić information content (AvgIpc) is 1.83. The lowest BCUT2D eigenvalue weighted by molar-refractivity contribution is -0.0488. The molecule has 4 nitrogen and oxygen atoms in total. The highest BCUT2D eigenvalue weighted by Gasteiger charge is 2.48. The Morgan fingerprint density at radius 3 is 1.91 bits per heavy atom. The molecule has 0 aromatic rings. The van der Waals surface area contributed by atoms with Gasteiger partial charge in [0.05, 0.1) is 0 Å². The number of hydrogen-bond donors (Lipinski definition) is 1. The molecule has 68 valence electrons. The van der Waals surface area contributed by atoms with Gasteiger partial charge in [-0.2, -0.15) is 13.2 Å². The average molecular weight is 192 g/mol. The summed E-state index contributed by atoms with van der Waals surface area (Å²) in [6.45, 7) is 0.783. The molecule has 8 heteroatoms. The monoisotopic (exact) mass is 192 g/mol. The van der Waals surface area contributed by atoms with E-state index in [4.69, 9.17) is 0 Å². The lowest BCUT2D eigenvalue weighted by atomic mass is 10.8. The second-order valence-electron chi connectivity index (χ2n) is 1.65. The number of nitrogens with two attached hydrogens (primary N) is 1. The molecule has 0 saturated carbocycles. The highest BCUT2D eigenvalue weighted by atomic mass is 32.2. The van der Waals surface area contributed by atoms with E-state index in [0.717, 1.165) is 0 Å². The maximum absolute atomic E-state index is 11.6. The first-order valence-corrected chi connectivity index (χ1v) is 4.01. The van der Waals surface area contributed by atoms with Gasteiger partial charge in [0, 0.05) is 6.54 Å². The van der Waals surface area contributed by atoms with Crippen molar-refractivity contribution in [2.24, 2.45) is 5.84 Å². The van der Waals surface area contributed by atoms with Crippen LogP contribution in [0.2, 0.25) is 0 Å². The van der Waals surface area contributed by atoms with Crippen LogP contribution < -0.4 is 5.84 Å². The number of nitrogens with zero attached hydrogens (tertiary/aromatic N) is 1. The molecule has 11 heavy (non-hydrogen) atoms. The van der Waals surface area contributed by atoms with Crippen molar-refractivity contribution < 1.29 is 21.6 Å². The van der Waals surface area contributed by atoms with Crippen molar-refractivity contribution in [2.45, 2.75) is 12.4 Å². The smallest absolute Gasteiger partial charge is 0.255 e. The summed E-state index contributed by atoms with van der Waals surface area (Å²) in [4.78, 5) is 0. The molecule has 0 amide bonds. The van der Waals surface area contributed by atoms with Crippen molar-refractivity contribution in [3.05, 3.63) is 0 Å². The van der Waals surface area contributed by atoms with Crippen LogP contribution in [0.4, 0.5) is 13.2 Å². The second kappa shape index (κ2) is 2.95. The fraction of sp³-hybridized carbons (Fsp3) is 1.00. The molecule has 0 fully saturated rings. The predicted molar refractivity (Wildman–Crippen MR) is 31.5 cm³/mol. The lowest BCUT2D eigenvalue weighted by Crippen LogP contribution is -2.44.